The van der Waals surface area contributed by atoms with E-state index in [9.17, 15) is 23.9 Å². The van der Waals surface area contributed by atoms with E-state index in [4.69, 9.17) is 0 Å². The quantitative estimate of drug-likeness (QED) is 0.678. The second-order valence-corrected chi connectivity index (χ2v) is 6.55. The molecule has 0 spiro atoms. The molecule has 0 saturated heterocycles. The van der Waals surface area contributed by atoms with Crippen molar-refractivity contribution in [2.75, 3.05) is 11.4 Å². The maximum atomic E-state index is 13.8. The van der Waals surface area contributed by atoms with Gasteiger partial charge in [0.25, 0.3) is 0 Å². The van der Waals surface area contributed by atoms with Crippen LogP contribution in [0.25, 0.3) is 0 Å². The molecular weight excluding hydrogens is 318 g/mol. The van der Waals surface area contributed by atoms with Gasteiger partial charge in [-0.05, 0) is 11.6 Å². The van der Waals surface area contributed by atoms with Gasteiger partial charge in [0.1, 0.15) is 11.6 Å². The molecule has 2 aromatic rings. The fourth-order valence-corrected chi connectivity index (χ4v) is 3.04. The minimum Gasteiger partial charge on any atom is -0.618 e. The Morgan fingerprint density at radius 1 is 1.38 bits per heavy atom. The molecule has 1 amide bonds. The van der Waals surface area contributed by atoms with Crippen molar-refractivity contribution in [1.82, 2.24) is 0 Å². The fourth-order valence-electron chi connectivity index (χ4n) is 3.04. The van der Waals surface area contributed by atoms with E-state index in [-0.39, 0.29) is 24.2 Å². The SMILES string of the molecule is CC1(C)CN(C(=O)O)c2cc(Cc3ccc(F)cc3F)[n+]([O-])cc21. The second-order valence-electron chi connectivity index (χ2n) is 6.55. The zero-order valence-corrected chi connectivity index (χ0v) is 13.2. The van der Waals surface area contributed by atoms with E-state index in [0.29, 0.717) is 16.0 Å². The molecule has 0 bridgehead atoms. The van der Waals surface area contributed by atoms with Gasteiger partial charge < -0.3 is 10.3 Å². The van der Waals surface area contributed by atoms with Crippen LogP contribution >= 0.6 is 0 Å². The summed E-state index contributed by atoms with van der Waals surface area (Å²) in [6.07, 6.45) is 0.176. The lowest BCUT2D eigenvalue weighted by Gasteiger charge is -2.17. The number of nitrogens with zero attached hydrogens (tertiary/aromatic N) is 2. The van der Waals surface area contributed by atoms with Gasteiger partial charge >= 0.3 is 6.09 Å². The van der Waals surface area contributed by atoms with Gasteiger partial charge in [0.2, 0.25) is 0 Å². The number of amides is 1. The van der Waals surface area contributed by atoms with Crippen LogP contribution in [-0.2, 0) is 11.8 Å². The number of anilines is 1. The number of hydrogen-bond donors (Lipinski definition) is 1. The number of fused-ring (bicyclic) bond motifs is 1. The Balaban J connectivity index is 2.05. The van der Waals surface area contributed by atoms with Crippen molar-refractivity contribution in [2.45, 2.75) is 25.7 Å². The molecule has 1 aliphatic rings. The van der Waals surface area contributed by atoms with E-state index in [2.05, 4.69) is 0 Å². The smallest absolute Gasteiger partial charge is 0.411 e. The van der Waals surface area contributed by atoms with Gasteiger partial charge in [0.15, 0.2) is 11.9 Å². The molecule has 1 aromatic carbocycles. The van der Waals surface area contributed by atoms with Gasteiger partial charge in [0.05, 0.1) is 12.1 Å². The van der Waals surface area contributed by atoms with Crippen LogP contribution in [0.3, 0.4) is 0 Å². The standard InChI is InChI=1S/C17H16F2N2O3/c1-17(2)9-20(16(22)23)15-7-12(21(24)8-13(15)17)5-10-3-4-11(18)6-14(10)19/h3-4,6-8H,5,9H2,1-2H3,(H,22,23). The number of aromatic nitrogens is 1. The zero-order chi connectivity index (χ0) is 17.6. The maximum absolute atomic E-state index is 13.8. The Kier molecular flexibility index (Phi) is 3.66. The van der Waals surface area contributed by atoms with E-state index in [1.165, 1.54) is 23.2 Å². The predicted octanol–water partition coefficient (Wildman–Crippen LogP) is 2.96. The summed E-state index contributed by atoms with van der Waals surface area (Å²) >= 11 is 0. The van der Waals surface area contributed by atoms with Crippen molar-refractivity contribution in [2.24, 2.45) is 0 Å². The molecule has 1 aromatic heterocycles. The van der Waals surface area contributed by atoms with Crippen LogP contribution in [-0.4, -0.2) is 17.7 Å². The molecule has 0 atom stereocenters. The topological polar surface area (TPSA) is 67.5 Å². The minimum atomic E-state index is -1.11. The number of halogens is 2. The third-order valence-electron chi connectivity index (χ3n) is 4.30. The van der Waals surface area contributed by atoms with Crippen LogP contribution < -0.4 is 9.63 Å². The highest BCUT2D eigenvalue weighted by atomic mass is 19.1. The molecule has 5 nitrogen and oxygen atoms in total. The number of carbonyl (C=O) groups is 1. The van der Waals surface area contributed by atoms with Crippen LogP contribution in [0.1, 0.15) is 30.7 Å². The molecule has 7 heteroatoms. The summed E-state index contributed by atoms with van der Waals surface area (Å²) < 4.78 is 27.4. The average molecular weight is 334 g/mol. The molecule has 1 aliphatic heterocycles. The molecule has 2 heterocycles. The van der Waals surface area contributed by atoms with Crippen LogP contribution in [0, 0.1) is 16.8 Å². The Morgan fingerprint density at radius 2 is 2.08 bits per heavy atom. The first-order valence-electron chi connectivity index (χ1n) is 7.40. The first-order valence-corrected chi connectivity index (χ1v) is 7.40. The summed E-state index contributed by atoms with van der Waals surface area (Å²) in [5.41, 5.74) is 0.933. The summed E-state index contributed by atoms with van der Waals surface area (Å²) in [7, 11) is 0. The third-order valence-corrected chi connectivity index (χ3v) is 4.30. The highest BCUT2D eigenvalue weighted by molar-refractivity contribution is 5.89. The minimum absolute atomic E-state index is 0.0587. The van der Waals surface area contributed by atoms with Gasteiger partial charge in [0, 0.05) is 29.7 Å². The Morgan fingerprint density at radius 3 is 2.71 bits per heavy atom. The molecule has 126 valence electrons. The van der Waals surface area contributed by atoms with Crippen molar-refractivity contribution in [3.63, 3.8) is 0 Å². The lowest BCUT2D eigenvalue weighted by atomic mass is 9.88. The number of pyridine rings is 1. The van der Waals surface area contributed by atoms with Crippen molar-refractivity contribution < 1.29 is 23.4 Å². The summed E-state index contributed by atoms with van der Waals surface area (Å²) in [5.74, 6) is -1.44. The lowest BCUT2D eigenvalue weighted by molar-refractivity contribution is -0.614. The molecule has 0 saturated carbocycles. The first kappa shape index (κ1) is 16.2. The van der Waals surface area contributed by atoms with Crippen LogP contribution in [0.4, 0.5) is 19.3 Å². The summed E-state index contributed by atoms with van der Waals surface area (Å²) in [4.78, 5) is 12.6. The van der Waals surface area contributed by atoms with Gasteiger partial charge in [-0.15, -0.1) is 0 Å². The van der Waals surface area contributed by atoms with Gasteiger partial charge in [-0.25, -0.2) is 13.6 Å². The predicted molar refractivity (Wildman–Crippen MR) is 83.0 cm³/mol. The highest BCUT2D eigenvalue weighted by Gasteiger charge is 2.40. The van der Waals surface area contributed by atoms with Crippen molar-refractivity contribution in [3.05, 3.63) is 64.1 Å². The van der Waals surface area contributed by atoms with Gasteiger partial charge in [-0.1, -0.05) is 19.9 Å². The zero-order valence-electron chi connectivity index (χ0n) is 13.2. The Bertz CT molecular complexity index is 837. The third kappa shape index (κ3) is 2.66. The van der Waals surface area contributed by atoms with E-state index < -0.39 is 23.1 Å². The second kappa shape index (κ2) is 5.43. The number of rotatable bonds is 2. The van der Waals surface area contributed by atoms with Crippen LogP contribution in [0.15, 0.2) is 30.5 Å². The van der Waals surface area contributed by atoms with E-state index >= 15 is 0 Å². The van der Waals surface area contributed by atoms with Crippen molar-refractivity contribution >= 4 is 11.8 Å². The Labute approximate surface area is 137 Å². The summed E-state index contributed by atoms with van der Waals surface area (Å²) in [6, 6.07) is 4.61. The molecule has 24 heavy (non-hydrogen) atoms. The average Bonchev–Trinajstić information content (AvgIpc) is 2.74. The number of carboxylic acid groups (broad SMARTS) is 1. The monoisotopic (exact) mass is 334 g/mol. The fraction of sp³-hybridized carbons (Fsp3) is 0.294. The first-order chi connectivity index (χ1) is 11.2. The van der Waals surface area contributed by atoms with E-state index in [0.717, 1.165) is 12.1 Å². The maximum Gasteiger partial charge on any atom is 0.411 e. The molecule has 3 rings (SSSR count). The van der Waals surface area contributed by atoms with Gasteiger partial charge in [-0.2, -0.15) is 4.73 Å². The molecule has 0 aliphatic carbocycles. The van der Waals surface area contributed by atoms with E-state index in [1.54, 1.807) is 0 Å². The normalized spacial score (nSPS) is 15.4. The molecule has 1 N–H and O–H groups in total. The van der Waals surface area contributed by atoms with Crippen LogP contribution in [0.2, 0.25) is 0 Å². The molecule has 0 radical (unpaired) electrons. The van der Waals surface area contributed by atoms with E-state index in [1.807, 2.05) is 13.8 Å². The molecule has 0 fully saturated rings. The van der Waals surface area contributed by atoms with Crippen LogP contribution in [0.5, 0.6) is 0 Å². The molecular formula is C17H16F2N2O3. The summed E-state index contributed by atoms with van der Waals surface area (Å²) in [5, 5.41) is 21.6. The lowest BCUT2D eigenvalue weighted by Crippen LogP contribution is -2.33. The highest BCUT2D eigenvalue weighted by Crippen LogP contribution is 2.40. The van der Waals surface area contributed by atoms with Gasteiger partial charge in [-0.3, -0.25) is 4.90 Å². The number of hydrogen-bond acceptors (Lipinski definition) is 2. The summed E-state index contributed by atoms with van der Waals surface area (Å²) in [6.45, 7) is 3.95. The van der Waals surface area contributed by atoms with Crippen molar-refractivity contribution in [1.29, 1.82) is 0 Å². The largest absolute Gasteiger partial charge is 0.618 e. The molecule has 0 unspecified atom stereocenters. The number of benzene rings is 1. The van der Waals surface area contributed by atoms with Crippen molar-refractivity contribution in [3.8, 4) is 0 Å². The Hall–Kier alpha value is -2.70.